The van der Waals surface area contributed by atoms with Crippen LogP contribution in [0.5, 0.6) is 0 Å². The van der Waals surface area contributed by atoms with Gasteiger partial charge >= 0.3 is 0 Å². The van der Waals surface area contributed by atoms with Crippen molar-refractivity contribution in [1.82, 2.24) is 8.87 Å². The first-order valence-electron chi connectivity index (χ1n) is 10.2. The number of nitrogens with zero attached hydrogens (tertiary/aromatic N) is 2. The van der Waals surface area contributed by atoms with Crippen molar-refractivity contribution in [2.75, 3.05) is 6.54 Å². The van der Waals surface area contributed by atoms with Gasteiger partial charge in [0.2, 0.25) is 0 Å². The van der Waals surface area contributed by atoms with Crippen LogP contribution in [0, 0.1) is 6.92 Å². The summed E-state index contributed by atoms with van der Waals surface area (Å²) in [4.78, 5) is 26.8. The Morgan fingerprint density at radius 3 is 2.03 bits per heavy atom. The molecular weight excluding hydrogens is 424 g/mol. The summed E-state index contributed by atoms with van der Waals surface area (Å²) in [6.07, 6.45) is 1.94. The molecule has 0 bridgehead atoms. The number of carbonyl (C=O) groups excluding carboxylic acids is 2. The fraction of sp³-hybridized carbons (Fsp3) is 0.120. The number of aromatic nitrogens is 1. The minimum Gasteiger partial charge on any atom is -0.274 e. The molecule has 6 nitrogen and oxygen atoms in total. The predicted molar refractivity (Wildman–Crippen MR) is 121 cm³/mol. The zero-order valence-corrected chi connectivity index (χ0v) is 18.2. The number of hydrogen-bond donors (Lipinski definition) is 0. The van der Waals surface area contributed by atoms with Crippen LogP contribution in [0.25, 0.3) is 10.9 Å². The molecule has 1 aliphatic rings. The summed E-state index contributed by atoms with van der Waals surface area (Å²) >= 11 is 0. The number of amides is 2. The fourth-order valence-corrected chi connectivity index (χ4v) is 5.51. The SMILES string of the molecule is Cc1ccc(S(=O)(=O)n2cc(CCN3C(=O)c4ccccc4C3=O)c3ccccc32)cc1. The highest BCUT2D eigenvalue weighted by Gasteiger charge is 2.34. The molecule has 0 spiro atoms. The summed E-state index contributed by atoms with van der Waals surface area (Å²) < 4.78 is 27.9. The molecule has 0 aliphatic carbocycles. The third-order valence-electron chi connectivity index (χ3n) is 5.82. The molecule has 7 heteroatoms. The van der Waals surface area contributed by atoms with E-state index in [0.717, 1.165) is 16.5 Å². The predicted octanol–water partition coefficient (Wildman–Crippen LogP) is 4.03. The van der Waals surface area contributed by atoms with Crippen LogP contribution < -0.4 is 0 Å². The zero-order valence-electron chi connectivity index (χ0n) is 17.4. The number of carbonyl (C=O) groups is 2. The number of rotatable bonds is 5. The van der Waals surface area contributed by atoms with Crippen LogP contribution in [-0.2, 0) is 16.4 Å². The van der Waals surface area contributed by atoms with Crippen LogP contribution in [0.2, 0.25) is 0 Å². The van der Waals surface area contributed by atoms with E-state index in [-0.39, 0.29) is 23.3 Å². The Hall–Kier alpha value is -3.71. The van der Waals surface area contributed by atoms with Crippen LogP contribution in [0.1, 0.15) is 31.8 Å². The van der Waals surface area contributed by atoms with Gasteiger partial charge in [-0.05, 0) is 49.2 Å². The van der Waals surface area contributed by atoms with Crippen molar-refractivity contribution in [2.24, 2.45) is 0 Å². The molecule has 3 aromatic carbocycles. The molecule has 1 aliphatic heterocycles. The highest BCUT2D eigenvalue weighted by Crippen LogP contribution is 2.28. The molecule has 0 saturated carbocycles. The number of hydrogen-bond acceptors (Lipinski definition) is 4. The Kier molecular flexibility index (Phi) is 4.71. The van der Waals surface area contributed by atoms with E-state index in [1.54, 1.807) is 66.9 Å². The number of benzene rings is 3. The molecule has 2 heterocycles. The van der Waals surface area contributed by atoms with Crippen LogP contribution >= 0.6 is 0 Å². The maximum absolute atomic E-state index is 13.3. The second kappa shape index (κ2) is 7.46. The van der Waals surface area contributed by atoms with Crippen LogP contribution in [-0.4, -0.2) is 35.6 Å². The average Bonchev–Trinajstić information content (AvgIpc) is 3.29. The van der Waals surface area contributed by atoms with Crippen LogP contribution in [0.15, 0.2) is 83.9 Å². The van der Waals surface area contributed by atoms with E-state index in [0.29, 0.717) is 23.1 Å². The van der Waals surface area contributed by atoms with E-state index in [2.05, 4.69) is 0 Å². The van der Waals surface area contributed by atoms with E-state index in [1.165, 1.54) is 8.87 Å². The molecule has 0 fully saturated rings. The quantitative estimate of drug-likeness (QED) is 0.436. The van der Waals surface area contributed by atoms with Gasteiger partial charge in [-0.1, -0.05) is 48.0 Å². The number of para-hydroxylation sites is 1. The molecule has 5 rings (SSSR count). The minimum atomic E-state index is -3.79. The first-order valence-corrected chi connectivity index (χ1v) is 11.7. The Balaban J connectivity index is 1.50. The van der Waals surface area contributed by atoms with Gasteiger partial charge in [-0.2, -0.15) is 0 Å². The first-order chi connectivity index (χ1) is 15.4. The van der Waals surface area contributed by atoms with Gasteiger partial charge in [0, 0.05) is 18.1 Å². The smallest absolute Gasteiger partial charge is 0.268 e. The lowest BCUT2D eigenvalue weighted by Gasteiger charge is -2.13. The monoisotopic (exact) mass is 444 g/mol. The highest BCUT2D eigenvalue weighted by molar-refractivity contribution is 7.90. The fourth-order valence-electron chi connectivity index (χ4n) is 4.11. The first kappa shape index (κ1) is 20.2. The number of imide groups is 1. The van der Waals surface area contributed by atoms with Crippen molar-refractivity contribution in [3.63, 3.8) is 0 Å². The molecule has 2 amide bonds. The van der Waals surface area contributed by atoms with Gasteiger partial charge in [0.1, 0.15) is 0 Å². The molecule has 32 heavy (non-hydrogen) atoms. The van der Waals surface area contributed by atoms with E-state index in [9.17, 15) is 18.0 Å². The van der Waals surface area contributed by atoms with Gasteiger partial charge in [-0.15, -0.1) is 0 Å². The van der Waals surface area contributed by atoms with Crippen molar-refractivity contribution in [3.8, 4) is 0 Å². The Morgan fingerprint density at radius 1 is 0.781 bits per heavy atom. The van der Waals surface area contributed by atoms with E-state index in [4.69, 9.17) is 0 Å². The van der Waals surface area contributed by atoms with Crippen molar-refractivity contribution >= 4 is 32.7 Å². The number of fused-ring (bicyclic) bond motifs is 2. The maximum Gasteiger partial charge on any atom is 0.268 e. The van der Waals surface area contributed by atoms with Gasteiger partial charge in [-0.3, -0.25) is 14.5 Å². The third-order valence-corrected chi connectivity index (χ3v) is 7.51. The molecule has 0 N–H and O–H groups in total. The molecule has 160 valence electrons. The van der Waals surface area contributed by atoms with Crippen molar-refractivity contribution < 1.29 is 18.0 Å². The Bertz CT molecular complexity index is 1450. The van der Waals surface area contributed by atoms with Crippen LogP contribution in [0.4, 0.5) is 0 Å². The lowest BCUT2D eigenvalue weighted by molar-refractivity contribution is 0.0656. The van der Waals surface area contributed by atoms with Crippen LogP contribution in [0.3, 0.4) is 0 Å². The largest absolute Gasteiger partial charge is 0.274 e. The minimum absolute atomic E-state index is 0.172. The summed E-state index contributed by atoms with van der Waals surface area (Å²) in [5.74, 6) is -0.636. The normalized spacial score (nSPS) is 13.7. The molecule has 0 atom stereocenters. The van der Waals surface area contributed by atoms with E-state index in [1.807, 2.05) is 19.1 Å². The topological polar surface area (TPSA) is 76.5 Å². The maximum atomic E-state index is 13.3. The second-order valence-electron chi connectivity index (χ2n) is 7.84. The van der Waals surface area contributed by atoms with Gasteiger partial charge < -0.3 is 0 Å². The molecule has 1 aromatic heterocycles. The molecule has 0 radical (unpaired) electrons. The van der Waals surface area contributed by atoms with Gasteiger partial charge in [0.05, 0.1) is 21.5 Å². The third kappa shape index (κ3) is 3.13. The average molecular weight is 445 g/mol. The Labute approximate surface area is 185 Å². The van der Waals surface area contributed by atoms with Gasteiger partial charge in [0.25, 0.3) is 21.8 Å². The number of aryl methyl sites for hydroxylation is 1. The summed E-state index contributed by atoms with van der Waals surface area (Å²) in [6.45, 7) is 2.07. The van der Waals surface area contributed by atoms with Crippen molar-refractivity contribution in [1.29, 1.82) is 0 Å². The molecular formula is C25H20N2O4S. The van der Waals surface area contributed by atoms with Crippen molar-refractivity contribution in [3.05, 3.63) is 101 Å². The molecule has 0 unspecified atom stereocenters. The second-order valence-corrected chi connectivity index (χ2v) is 9.66. The molecule has 0 saturated heterocycles. The zero-order chi connectivity index (χ0) is 22.5. The standard InChI is InChI=1S/C25H20N2O4S/c1-17-10-12-19(13-11-17)32(30,31)27-16-18(20-6-4-5-9-23(20)27)14-15-26-24(28)21-7-2-3-8-22(21)25(26)29/h2-13,16H,14-15H2,1H3. The highest BCUT2D eigenvalue weighted by atomic mass is 32.2. The van der Waals surface area contributed by atoms with E-state index >= 15 is 0 Å². The Morgan fingerprint density at radius 2 is 1.38 bits per heavy atom. The van der Waals surface area contributed by atoms with E-state index < -0.39 is 10.0 Å². The summed E-state index contributed by atoms with van der Waals surface area (Å²) in [5, 5.41) is 0.778. The summed E-state index contributed by atoms with van der Waals surface area (Å²) in [6, 6.07) is 20.7. The van der Waals surface area contributed by atoms with Gasteiger partial charge in [0.15, 0.2) is 0 Å². The van der Waals surface area contributed by atoms with Gasteiger partial charge in [-0.25, -0.2) is 12.4 Å². The lowest BCUT2D eigenvalue weighted by Crippen LogP contribution is -2.31. The van der Waals surface area contributed by atoms with Crippen molar-refractivity contribution in [2.45, 2.75) is 18.2 Å². The molecule has 4 aromatic rings. The lowest BCUT2D eigenvalue weighted by atomic mass is 10.1. The summed E-state index contributed by atoms with van der Waals surface area (Å²) in [7, 11) is -3.79. The summed E-state index contributed by atoms with van der Waals surface area (Å²) in [5.41, 5.74) is 3.10.